The highest BCUT2D eigenvalue weighted by Gasteiger charge is 2.29. The molecule has 130 valence electrons. The van der Waals surface area contributed by atoms with Crippen LogP contribution in [-0.2, 0) is 19.5 Å². The number of aromatic nitrogens is 2. The third-order valence-corrected chi connectivity index (χ3v) is 5.55. The lowest BCUT2D eigenvalue weighted by Crippen LogP contribution is -3.00. The van der Waals surface area contributed by atoms with Crippen LogP contribution in [-0.4, -0.2) is 4.57 Å². The SMILES string of the molecule is Cc1ccccc1C[n+]1cc(-c2ccc(Cl)c(Cl)c2)n2c1CCC2.[Cl-]. The Bertz CT molecular complexity index is 915. The highest BCUT2D eigenvalue weighted by Crippen LogP contribution is 2.30. The van der Waals surface area contributed by atoms with E-state index < -0.39 is 0 Å². The molecule has 0 spiro atoms. The van der Waals surface area contributed by atoms with Crippen molar-refractivity contribution in [1.29, 1.82) is 0 Å². The number of benzene rings is 2. The first-order valence-electron chi connectivity index (χ1n) is 8.25. The summed E-state index contributed by atoms with van der Waals surface area (Å²) in [5.41, 5.74) is 5.04. The summed E-state index contributed by atoms with van der Waals surface area (Å²) in [6.07, 6.45) is 4.56. The standard InChI is InChI=1S/C20H19Cl2N2.ClH/c1-14-5-2-3-6-16(14)12-23-13-19(24-10-4-7-20(23)24)15-8-9-17(21)18(22)11-15;/h2-3,5-6,8-9,11,13H,4,7,10,12H2,1H3;1H/q+1;/p-1. The van der Waals surface area contributed by atoms with E-state index in [0.717, 1.165) is 25.1 Å². The van der Waals surface area contributed by atoms with Gasteiger partial charge in [-0.15, -0.1) is 0 Å². The molecule has 2 aromatic carbocycles. The summed E-state index contributed by atoms with van der Waals surface area (Å²) in [6.45, 7) is 4.14. The normalized spacial score (nSPS) is 12.8. The second kappa shape index (κ2) is 7.41. The number of hydrogen-bond acceptors (Lipinski definition) is 0. The molecule has 0 fully saturated rings. The van der Waals surface area contributed by atoms with Crippen LogP contribution in [0.1, 0.15) is 23.4 Å². The van der Waals surface area contributed by atoms with Gasteiger partial charge in [-0.1, -0.05) is 47.5 Å². The van der Waals surface area contributed by atoms with Crippen LogP contribution >= 0.6 is 23.2 Å². The molecule has 0 unspecified atom stereocenters. The van der Waals surface area contributed by atoms with Gasteiger partial charge in [0.1, 0.15) is 12.7 Å². The lowest BCUT2D eigenvalue weighted by molar-refractivity contribution is -0.694. The van der Waals surface area contributed by atoms with Crippen LogP contribution < -0.4 is 17.0 Å². The third kappa shape index (κ3) is 3.44. The Hall–Kier alpha value is -1.48. The van der Waals surface area contributed by atoms with Crippen LogP contribution in [0.5, 0.6) is 0 Å². The summed E-state index contributed by atoms with van der Waals surface area (Å²) < 4.78 is 4.80. The molecule has 2 nitrogen and oxygen atoms in total. The fourth-order valence-corrected chi connectivity index (χ4v) is 3.80. The van der Waals surface area contributed by atoms with Crippen molar-refractivity contribution in [3.63, 3.8) is 0 Å². The first-order valence-corrected chi connectivity index (χ1v) is 9.01. The summed E-state index contributed by atoms with van der Waals surface area (Å²) in [5.74, 6) is 1.39. The molecule has 1 aliphatic heterocycles. The first kappa shape index (κ1) is 18.3. The highest BCUT2D eigenvalue weighted by molar-refractivity contribution is 6.42. The minimum Gasteiger partial charge on any atom is -1.00 e. The molecule has 0 saturated carbocycles. The van der Waals surface area contributed by atoms with Crippen molar-refractivity contribution in [2.75, 3.05) is 0 Å². The topological polar surface area (TPSA) is 8.81 Å². The van der Waals surface area contributed by atoms with Crippen molar-refractivity contribution < 1.29 is 17.0 Å². The van der Waals surface area contributed by atoms with Gasteiger partial charge >= 0.3 is 0 Å². The van der Waals surface area contributed by atoms with Crippen molar-refractivity contribution in [3.8, 4) is 11.3 Å². The highest BCUT2D eigenvalue weighted by atomic mass is 35.5. The van der Waals surface area contributed by atoms with Gasteiger partial charge in [0.2, 0.25) is 0 Å². The maximum Gasteiger partial charge on any atom is 0.257 e. The van der Waals surface area contributed by atoms with E-state index in [1.165, 1.54) is 29.1 Å². The van der Waals surface area contributed by atoms with E-state index in [0.29, 0.717) is 10.0 Å². The van der Waals surface area contributed by atoms with Crippen LogP contribution in [0.3, 0.4) is 0 Å². The third-order valence-electron chi connectivity index (χ3n) is 4.81. The van der Waals surface area contributed by atoms with Crippen LogP contribution in [0, 0.1) is 6.92 Å². The Balaban J connectivity index is 0.00000182. The Morgan fingerprint density at radius 2 is 1.88 bits per heavy atom. The van der Waals surface area contributed by atoms with Crippen LogP contribution in [0.4, 0.5) is 0 Å². The van der Waals surface area contributed by atoms with Gasteiger partial charge in [0.05, 0.1) is 23.0 Å². The lowest BCUT2D eigenvalue weighted by atomic mass is 10.1. The zero-order chi connectivity index (χ0) is 16.7. The summed E-state index contributed by atoms with van der Waals surface area (Å²) in [4.78, 5) is 0. The molecule has 0 amide bonds. The fraction of sp³-hybridized carbons (Fsp3) is 0.250. The Labute approximate surface area is 164 Å². The molecule has 0 atom stereocenters. The molecule has 25 heavy (non-hydrogen) atoms. The van der Waals surface area contributed by atoms with Crippen LogP contribution in [0.2, 0.25) is 10.0 Å². The number of fused-ring (bicyclic) bond motifs is 1. The molecule has 3 aromatic rings. The molecule has 0 bridgehead atoms. The minimum absolute atomic E-state index is 0. The monoisotopic (exact) mass is 392 g/mol. The Morgan fingerprint density at radius 3 is 2.64 bits per heavy atom. The molecule has 1 aliphatic rings. The van der Waals surface area contributed by atoms with E-state index >= 15 is 0 Å². The van der Waals surface area contributed by atoms with Crippen molar-refractivity contribution in [2.45, 2.75) is 32.9 Å². The molecule has 4 rings (SSSR count). The minimum atomic E-state index is 0. The van der Waals surface area contributed by atoms with Gasteiger partial charge in [-0.25, -0.2) is 9.13 Å². The van der Waals surface area contributed by atoms with Crippen molar-refractivity contribution in [3.05, 3.63) is 75.7 Å². The second-order valence-corrected chi connectivity index (χ2v) is 7.18. The molecular weight excluding hydrogens is 375 g/mol. The van der Waals surface area contributed by atoms with Gasteiger partial charge in [-0.05, 0) is 42.7 Å². The summed E-state index contributed by atoms with van der Waals surface area (Å²) in [6, 6.07) is 14.5. The molecule has 2 heterocycles. The zero-order valence-corrected chi connectivity index (χ0v) is 16.2. The smallest absolute Gasteiger partial charge is 0.257 e. The quantitative estimate of drug-likeness (QED) is 0.602. The Kier molecular flexibility index (Phi) is 5.43. The predicted molar refractivity (Wildman–Crippen MR) is 98.7 cm³/mol. The first-order chi connectivity index (χ1) is 11.6. The fourth-order valence-electron chi connectivity index (χ4n) is 3.50. The van der Waals surface area contributed by atoms with Gasteiger partial charge in [-0.2, -0.15) is 0 Å². The number of imidazole rings is 1. The summed E-state index contributed by atoms with van der Waals surface area (Å²) in [5, 5.41) is 1.20. The van der Waals surface area contributed by atoms with E-state index in [1.54, 1.807) is 0 Å². The number of hydrogen-bond donors (Lipinski definition) is 0. The number of aryl methyl sites for hydroxylation is 1. The zero-order valence-electron chi connectivity index (χ0n) is 14.0. The van der Waals surface area contributed by atoms with Crippen LogP contribution in [0.15, 0.2) is 48.7 Å². The van der Waals surface area contributed by atoms with Gasteiger partial charge in [-0.3, -0.25) is 0 Å². The van der Waals surface area contributed by atoms with E-state index in [-0.39, 0.29) is 12.4 Å². The maximum atomic E-state index is 6.22. The second-order valence-electron chi connectivity index (χ2n) is 6.37. The number of rotatable bonds is 3. The van der Waals surface area contributed by atoms with Gasteiger partial charge in [0, 0.05) is 5.56 Å². The lowest BCUT2D eigenvalue weighted by Gasteiger charge is -2.03. The Morgan fingerprint density at radius 1 is 1.08 bits per heavy atom. The van der Waals surface area contributed by atoms with Gasteiger partial charge in [0.25, 0.3) is 5.82 Å². The largest absolute Gasteiger partial charge is 1.00 e. The average Bonchev–Trinajstić information content (AvgIpc) is 3.16. The number of nitrogens with zero attached hydrogens (tertiary/aromatic N) is 2. The van der Waals surface area contributed by atoms with E-state index in [9.17, 15) is 0 Å². The molecule has 0 radical (unpaired) electrons. The molecular formula is C20H19Cl3N2. The van der Waals surface area contributed by atoms with Crippen molar-refractivity contribution in [2.24, 2.45) is 0 Å². The number of halogens is 3. The predicted octanol–water partition coefficient (Wildman–Crippen LogP) is 2.06. The van der Waals surface area contributed by atoms with Crippen LogP contribution in [0.25, 0.3) is 11.3 Å². The summed E-state index contributed by atoms with van der Waals surface area (Å²) in [7, 11) is 0. The molecule has 0 saturated heterocycles. The van der Waals surface area contributed by atoms with Crippen molar-refractivity contribution in [1.82, 2.24) is 4.57 Å². The average molecular weight is 394 g/mol. The molecule has 0 aliphatic carbocycles. The molecule has 0 N–H and O–H groups in total. The van der Waals surface area contributed by atoms with Crippen molar-refractivity contribution >= 4 is 23.2 Å². The van der Waals surface area contributed by atoms with E-state index in [4.69, 9.17) is 23.2 Å². The van der Waals surface area contributed by atoms with E-state index in [1.807, 2.05) is 18.2 Å². The van der Waals surface area contributed by atoms with Gasteiger partial charge < -0.3 is 12.4 Å². The molecule has 5 heteroatoms. The summed E-state index contributed by atoms with van der Waals surface area (Å²) >= 11 is 12.3. The van der Waals surface area contributed by atoms with Gasteiger partial charge in [0.15, 0.2) is 5.69 Å². The maximum absolute atomic E-state index is 6.22. The molecule has 1 aromatic heterocycles. The van der Waals surface area contributed by atoms with E-state index in [2.05, 4.69) is 46.5 Å².